The molecule has 1 fully saturated rings. The number of carbonyl (C=O) groups excluding carboxylic acids is 1. The van der Waals surface area contributed by atoms with Crippen LogP contribution in [0.4, 0.5) is 11.8 Å². The number of fused-ring (bicyclic) bond motifs is 1. The fraction of sp³-hybridized carbons (Fsp3) is 0.300. The van der Waals surface area contributed by atoms with E-state index in [0.29, 0.717) is 16.2 Å². The molecular weight excluding hydrogens is 392 g/mol. The van der Waals surface area contributed by atoms with Gasteiger partial charge in [0.25, 0.3) is 11.5 Å². The number of hydrogen-bond acceptors (Lipinski definition) is 6. The summed E-state index contributed by atoms with van der Waals surface area (Å²) in [5.41, 5.74) is 6.69. The van der Waals surface area contributed by atoms with Crippen LogP contribution in [-0.2, 0) is 0 Å². The zero-order valence-electron chi connectivity index (χ0n) is 16.1. The number of nitrogens with one attached hydrogen (secondary N) is 2. The van der Waals surface area contributed by atoms with Crippen molar-refractivity contribution in [1.82, 2.24) is 19.9 Å². The average molecular weight is 413 g/mol. The van der Waals surface area contributed by atoms with Crippen molar-refractivity contribution in [1.29, 1.82) is 0 Å². The molecule has 4 rings (SSSR count). The lowest BCUT2D eigenvalue weighted by molar-refractivity contribution is 0.0963. The highest BCUT2D eigenvalue weighted by atomic mass is 35.5. The largest absolute Gasteiger partial charge is 0.368 e. The van der Waals surface area contributed by atoms with Gasteiger partial charge >= 0.3 is 0 Å². The monoisotopic (exact) mass is 412 g/mol. The number of nitrogens with two attached hydrogens (primary N) is 1. The quantitative estimate of drug-likeness (QED) is 0.593. The normalized spacial score (nSPS) is 14.6. The maximum Gasteiger partial charge on any atom is 0.260 e. The van der Waals surface area contributed by atoms with Crippen LogP contribution >= 0.6 is 11.6 Å². The molecule has 0 aliphatic heterocycles. The summed E-state index contributed by atoms with van der Waals surface area (Å²) >= 11 is 6.31. The highest BCUT2D eigenvalue weighted by molar-refractivity contribution is 6.35. The van der Waals surface area contributed by atoms with E-state index in [1.807, 2.05) is 25.1 Å². The smallest absolute Gasteiger partial charge is 0.260 e. The van der Waals surface area contributed by atoms with Crippen molar-refractivity contribution < 1.29 is 4.79 Å². The number of aromatic nitrogens is 3. The molecule has 0 spiro atoms. The van der Waals surface area contributed by atoms with Crippen LogP contribution in [0.3, 0.4) is 0 Å². The average Bonchev–Trinajstić information content (AvgIpc) is 3.52. The standard InChI is InChI=1S/C20H21ClN6O2/c1-10(25-17-13(18(28)23-2)9-24-20(22)26-17)15-8-11-4-3-5-14(21)16(11)19(29)27(15)12-6-7-12/h3-5,8-10,12H,6-7H2,1-2H3,(H,23,28)(H3,22,24,25,26). The Bertz CT molecular complexity index is 1170. The summed E-state index contributed by atoms with van der Waals surface area (Å²) in [7, 11) is 1.53. The highest BCUT2D eigenvalue weighted by Crippen LogP contribution is 2.37. The molecule has 1 aliphatic rings. The summed E-state index contributed by atoms with van der Waals surface area (Å²) in [5, 5.41) is 7.53. The molecule has 1 aromatic carbocycles. The van der Waals surface area contributed by atoms with E-state index < -0.39 is 0 Å². The van der Waals surface area contributed by atoms with Crippen LogP contribution in [0.25, 0.3) is 10.8 Å². The molecule has 8 nitrogen and oxygen atoms in total. The van der Waals surface area contributed by atoms with Gasteiger partial charge in [0.2, 0.25) is 5.95 Å². The van der Waals surface area contributed by atoms with Gasteiger partial charge in [0.15, 0.2) is 0 Å². The van der Waals surface area contributed by atoms with Crippen molar-refractivity contribution >= 4 is 40.0 Å². The van der Waals surface area contributed by atoms with Crippen LogP contribution < -0.4 is 21.9 Å². The van der Waals surface area contributed by atoms with Gasteiger partial charge in [0, 0.05) is 25.0 Å². The predicted molar refractivity (Wildman–Crippen MR) is 113 cm³/mol. The Labute approximate surface area is 172 Å². The lowest BCUT2D eigenvalue weighted by Gasteiger charge is -2.22. The van der Waals surface area contributed by atoms with Gasteiger partial charge in [0.05, 0.1) is 16.5 Å². The van der Waals surface area contributed by atoms with Crippen molar-refractivity contribution in [2.75, 3.05) is 18.1 Å². The molecule has 0 saturated heterocycles. The lowest BCUT2D eigenvalue weighted by atomic mass is 10.1. The molecule has 4 N–H and O–H groups in total. The first-order valence-electron chi connectivity index (χ1n) is 9.35. The molecule has 29 heavy (non-hydrogen) atoms. The first kappa shape index (κ1) is 19.2. The first-order chi connectivity index (χ1) is 13.9. The number of hydrogen-bond donors (Lipinski definition) is 3. The van der Waals surface area contributed by atoms with E-state index in [-0.39, 0.29) is 35.1 Å². The lowest BCUT2D eigenvalue weighted by Crippen LogP contribution is -2.27. The Morgan fingerprint density at radius 1 is 1.38 bits per heavy atom. The third-order valence-electron chi connectivity index (χ3n) is 5.05. The van der Waals surface area contributed by atoms with Crippen molar-refractivity contribution in [3.63, 3.8) is 0 Å². The molecule has 1 amide bonds. The van der Waals surface area contributed by atoms with Crippen LogP contribution in [0, 0.1) is 0 Å². The van der Waals surface area contributed by atoms with E-state index in [2.05, 4.69) is 20.6 Å². The molecule has 3 aromatic rings. The highest BCUT2D eigenvalue weighted by Gasteiger charge is 2.30. The van der Waals surface area contributed by atoms with Gasteiger partial charge < -0.3 is 20.9 Å². The van der Waals surface area contributed by atoms with Crippen LogP contribution in [0.5, 0.6) is 0 Å². The zero-order valence-corrected chi connectivity index (χ0v) is 16.8. The molecule has 1 saturated carbocycles. The minimum absolute atomic E-state index is 0.0530. The minimum Gasteiger partial charge on any atom is -0.368 e. The Morgan fingerprint density at radius 2 is 2.14 bits per heavy atom. The van der Waals surface area contributed by atoms with Crippen molar-refractivity contribution in [3.8, 4) is 0 Å². The second-order valence-electron chi connectivity index (χ2n) is 7.12. The number of rotatable bonds is 5. The van der Waals surface area contributed by atoms with Gasteiger partial charge in [-0.2, -0.15) is 4.98 Å². The van der Waals surface area contributed by atoms with Crippen LogP contribution in [-0.4, -0.2) is 27.5 Å². The molecular formula is C20H21ClN6O2. The summed E-state index contributed by atoms with van der Waals surface area (Å²) < 4.78 is 1.80. The van der Waals surface area contributed by atoms with Gasteiger partial charge in [-0.05, 0) is 37.3 Å². The van der Waals surface area contributed by atoms with E-state index >= 15 is 0 Å². The van der Waals surface area contributed by atoms with E-state index in [1.54, 1.807) is 10.6 Å². The van der Waals surface area contributed by atoms with Gasteiger partial charge in [-0.25, -0.2) is 4.98 Å². The third kappa shape index (κ3) is 3.51. The number of benzene rings is 1. The molecule has 1 unspecified atom stereocenters. The Hall–Kier alpha value is -3.13. The number of pyridine rings is 1. The molecule has 150 valence electrons. The molecule has 0 radical (unpaired) electrons. The molecule has 9 heteroatoms. The van der Waals surface area contributed by atoms with Gasteiger partial charge in [-0.1, -0.05) is 23.7 Å². The van der Waals surface area contributed by atoms with Crippen molar-refractivity contribution in [2.24, 2.45) is 0 Å². The van der Waals surface area contributed by atoms with E-state index in [9.17, 15) is 9.59 Å². The minimum atomic E-state index is -0.329. The van der Waals surface area contributed by atoms with Gasteiger partial charge in [-0.3, -0.25) is 9.59 Å². The van der Waals surface area contributed by atoms with Crippen molar-refractivity contribution in [3.05, 3.63) is 57.1 Å². The number of nitrogen functional groups attached to an aromatic ring is 1. The van der Waals surface area contributed by atoms with Crippen molar-refractivity contribution in [2.45, 2.75) is 31.8 Å². The topological polar surface area (TPSA) is 115 Å². The fourth-order valence-corrected chi connectivity index (χ4v) is 3.74. The SMILES string of the molecule is CNC(=O)c1cnc(N)nc1NC(C)c1cc2cccc(Cl)c2c(=O)n1C1CC1. The van der Waals surface area contributed by atoms with Gasteiger partial charge in [0.1, 0.15) is 11.4 Å². The number of carbonyl (C=O) groups is 1. The molecule has 1 atom stereocenters. The number of halogens is 1. The summed E-state index contributed by atoms with van der Waals surface area (Å²) in [6.45, 7) is 1.91. The predicted octanol–water partition coefficient (Wildman–Crippen LogP) is 2.89. The Kier molecular flexibility index (Phi) is 4.87. The summed E-state index contributed by atoms with van der Waals surface area (Å²) in [6.07, 6.45) is 3.27. The van der Waals surface area contributed by atoms with E-state index in [4.69, 9.17) is 17.3 Å². The number of amides is 1. The van der Waals surface area contributed by atoms with Crippen LogP contribution in [0.2, 0.25) is 5.02 Å². The molecule has 0 bridgehead atoms. The van der Waals surface area contributed by atoms with Crippen LogP contribution in [0.15, 0.2) is 35.3 Å². The Morgan fingerprint density at radius 3 is 2.83 bits per heavy atom. The maximum absolute atomic E-state index is 13.2. The summed E-state index contributed by atoms with van der Waals surface area (Å²) in [4.78, 5) is 33.5. The molecule has 1 aliphatic carbocycles. The fourth-order valence-electron chi connectivity index (χ4n) is 3.48. The van der Waals surface area contributed by atoms with E-state index in [1.165, 1.54) is 13.2 Å². The summed E-state index contributed by atoms with van der Waals surface area (Å²) in [5.74, 6) is 0.0344. The number of anilines is 2. The molecule has 2 heterocycles. The summed E-state index contributed by atoms with van der Waals surface area (Å²) in [6, 6.07) is 7.21. The maximum atomic E-state index is 13.2. The number of nitrogens with zero attached hydrogens (tertiary/aromatic N) is 3. The third-order valence-corrected chi connectivity index (χ3v) is 5.36. The van der Waals surface area contributed by atoms with Gasteiger partial charge in [-0.15, -0.1) is 0 Å². The Balaban J connectivity index is 1.82. The van der Waals surface area contributed by atoms with Crippen LogP contribution in [0.1, 0.15) is 47.9 Å². The zero-order chi connectivity index (χ0) is 20.7. The second-order valence-corrected chi connectivity index (χ2v) is 7.52. The second kappa shape index (κ2) is 7.36. The first-order valence-corrected chi connectivity index (χ1v) is 9.73. The van der Waals surface area contributed by atoms with E-state index in [0.717, 1.165) is 23.9 Å². The molecule has 2 aromatic heterocycles.